The van der Waals surface area contributed by atoms with Gasteiger partial charge in [0.05, 0.1) is 0 Å². The Morgan fingerprint density at radius 3 is 2.43 bits per heavy atom. The van der Waals surface area contributed by atoms with Crippen molar-refractivity contribution < 1.29 is 9.47 Å². The SMILES string of the molecule is Cc1c(C#CS(C)(C)C)cccc1-c1ccc2c(c1)OCCO2. The molecule has 1 aliphatic rings. The first-order valence-corrected chi connectivity index (χ1v) is 10.5. The monoisotopic (exact) mass is 326 g/mol. The van der Waals surface area contributed by atoms with Crippen LogP contribution in [0.1, 0.15) is 11.1 Å². The van der Waals surface area contributed by atoms with E-state index in [2.05, 4.69) is 67.2 Å². The number of ether oxygens (including phenoxy) is 2. The van der Waals surface area contributed by atoms with Crippen LogP contribution in [0.4, 0.5) is 0 Å². The Morgan fingerprint density at radius 1 is 0.957 bits per heavy atom. The molecule has 0 unspecified atom stereocenters. The number of hydrogen-bond donors (Lipinski definition) is 0. The van der Waals surface area contributed by atoms with E-state index < -0.39 is 10.0 Å². The van der Waals surface area contributed by atoms with Gasteiger partial charge in [-0.1, -0.05) is 24.1 Å². The van der Waals surface area contributed by atoms with Gasteiger partial charge in [0.15, 0.2) is 11.5 Å². The van der Waals surface area contributed by atoms with Crippen LogP contribution in [0, 0.1) is 18.1 Å². The quantitative estimate of drug-likeness (QED) is 0.722. The maximum atomic E-state index is 5.70. The summed E-state index contributed by atoms with van der Waals surface area (Å²) < 4.78 is 11.3. The third kappa shape index (κ3) is 3.65. The Balaban J connectivity index is 2.02. The first-order chi connectivity index (χ1) is 10.9. The Labute approximate surface area is 140 Å². The smallest absolute Gasteiger partial charge is 0.161 e. The third-order valence-electron chi connectivity index (χ3n) is 3.68. The maximum absolute atomic E-state index is 5.70. The summed E-state index contributed by atoms with van der Waals surface area (Å²) in [5, 5.41) is 3.40. The van der Waals surface area contributed by atoms with E-state index >= 15 is 0 Å². The molecule has 0 radical (unpaired) electrons. The first kappa shape index (κ1) is 15.8. The molecule has 3 rings (SSSR count). The topological polar surface area (TPSA) is 18.5 Å². The van der Waals surface area contributed by atoms with Crippen LogP contribution in [-0.2, 0) is 0 Å². The molecule has 0 aromatic heterocycles. The lowest BCUT2D eigenvalue weighted by atomic mass is 9.96. The van der Waals surface area contributed by atoms with Crippen LogP contribution in [0.25, 0.3) is 11.1 Å². The molecule has 0 fully saturated rings. The zero-order valence-corrected chi connectivity index (χ0v) is 14.9. The minimum Gasteiger partial charge on any atom is -0.486 e. The molecule has 0 atom stereocenters. The highest BCUT2D eigenvalue weighted by Crippen LogP contribution is 2.36. The largest absolute Gasteiger partial charge is 0.486 e. The summed E-state index contributed by atoms with van der Waals surface area (Å²) in [6.45, 7) is 3.36. The Hall–Kier alpha value is -2.05. The Morgan fingerprint density at radius 2 is 1.70 bits per heavy atom. The number of fused-ring (bicyclic) bond motifs is 1. The van der Waals surface area contributed by atoms with E-state index in [9.17, 15) is 0 Å². The van der Waals surface area contributed by atoms with Crippen LogP contribution in [0.15, 0.2) is 36.4 Å². The van der Waals surface area contributed by atoms with Gasteiger partial charge in [0.25, 0.3) is 0 Å². The molecule has 0 saturated carbocycles. The van der Waals surface area contributed by atoms with Crippen LogP contribution in [0.5, 0.6) is 11.5 Å². The fourth-order valence-corrected chi connectivity index (χ4v) is 2.92. The molecule has 2 nitrogen and oxygen atoms in total. The molecule has 0 bridgehead atoms. The van der Waals surface area contributed by atoms with Gasteiger partial charge in [-0.25, -0.2) is 0 Å². The van der Waals surface area contributed by atoms with Crippen molar-refractivity contribution in [3.05, 3.63) is 47.5 Å². The van der Waals surface area contributed by atoms with Crippen LogP contribution in [0.2, 0.25) is 0 Å². The average Bonchev–Trinajstić information content (AvgIpc) is 2.52. The average molecular weight is 326 g/mol. The van der Waals surface area contributed by atoms with Crippen LogP contribution in [0.3, 0.4) is 0 Å². The summed E-state index contributed by atoms with van der Waals surface area (Å²) in [5.74, 6) is 5.00. The number of rotatable bonds is 1. The van der Waals surface area contributed by atoms with Gasteiger partial charge < -0.3 is 9.47 Å². The number of hydrogen-bond acceptors (Lipinski definition) is 2. The van der Waals surface area contributed by atoms with Gasteiger partial charge in [-0.15, -0.1) is 0 Å². The minimum atomic E-state index is -0.826. The van der Waals surface area contributed by atoms with Crippen LogP contribution < -0.4 is 9.47 Å². The van der Waals surface area contributed by atoms with Crippen molar-refractivity contribution in [1.29, 1.82) is 0 Å². The molecule has 1 heterocycles. The third-order valence-corrected chi connectivity index (χ3v) is 4.39. The van der Waals surface area contributed by atoms with Crippen LogP contribution in [-0.4, -0.2) is 32.0 Å². The molecule has 0 amide bonds. The summed E-state index contributed by atoms with van der Waals surface area (Å²) in [6.07, 6.45) is 6.63. The zero-order chi connectivity index (χ0) is 16.4. The van der Waals surface area contributed by atoms with Gasteiger partial charge in [0, 0.05) is 5.56 Å². The van der Waals surface area contributed by atoms with Crippen molar-refractivity contribution >= 4 is 10.0 Å². The molecular weight excluding hydrogens is 304 g/mol. The summed E-state index contributed by atoms with van der Waals surface area (Å²) >= 11 is 0. The fourth-order valence-electron chi connectivity index (χ4n) is 2.50. The molecule has 23 heavy (non-hydrogen) atoms. The second kappa shape index (κ2) is 6.22. The van der Waals surface area contributed by atoms with E-state index in [4.69, 9.17) is 9.47 Å². The second-order valence-corrected chi connectivity index (χ2v) is 10.3. The van der Waals surface area contributed by atoms with Gasteiger partial charge in [-0.3, -0.25) is 0 Å². The van der Waals surface area contributed by atoms with Crippen LogP contribution >= 0.6 is 10.0 Å². The molecule has 0 spiro atoms. The van der Waals surface area contributed by atoms with Crippen molar-refractivity contribution in [2.75, 3.05) is 32.0 Å². The molecule has 0 aliphatic carbocycles. The van der Waals surface area contributed by atoms with Crippen molar-refractivity contribution in [1.82, 2.24) is 0 Å². The van der Waals surface area contributed by atoms with Gasteiger partial charge in [0.2, 0.25) is 0 Å². The molecule has 1 aliphatic heterocycles. The predicted molar refractivity (Wildman–Crippen MR) is 99.8 cm³/mol. The van der Waals surface area contributed by atoms with Crippen molar-refractivity contribution in [3.63, 3.8) is 0 Å². The zero-order valence-electron chi connectivity index (χ0n) is 14.1. The van der Waals surface area contributed by atoms with E-state index in [-0.39, 0.29) is 0 Å². The standard InChI is InChI=1S/C20H22O2S/c1-15-16(10-13-23(2,3)4)6-5-7-18(15)17-8-9-19-20(14-17)22-12-11-21-19/h5-9,14H,11-12H2,1-4H3. The fraction of sp³-hybridized carbons (Fsp3) is 0.300. The van der Waals surface area contributed by atoms with Gasteiger partial charge >= 0.3 is 0 Å². The predicted octanol–water partition coefficient (Wildman–Crippen LogP) is 4.44. The van der Waals surface area contributed by atoms with E-state index in [1.54, 1.807) is 0 Å². The Bertz CT molecular complexity index is 792. The van der Waals surface area contributed by atoms with E-state index in [1.165, 1.54) is 11.1 Å². The molecular formula is C20H22O2S. The van der Waals surface area contributed by atoms with Crippen molar-refractivity contribution in [2.24, 2.45) is 0 Å². The highest BCUT2D eigenvalue weighted by molar-refractivity contribution is 8.35. The highest BCUT2D eigenvalue weighted by atomic mass is 32.3. The van der Waals surface area contributed by atoms with E-state index in [1.807, 2.05) is 6.07 Å². The minimum absolute atomic E-state index is 0.606. The van der Waals surface area contributed by atoms with E-state index in [0.717, 1.165) is 22.6 Å². The molecule has 0 saturated heterocycles. The molecule has 120 valence electrons. The summed E-state index contributed by atoms with van der Waals surface area (Å²) in [6, 6.07) is 12.4. The van der Waals surface area contributed by atoms with Gasteiger partial charge in [0.1, 0.15) is 13.2 Å². The van der Waals surface area contributed by atoms with Gasteiger partial charge in [-0.05, 0) is 65.8 Å². The number of benzene rings is 2. The lowest BCUT2D eigenvalue weighted by Crippen LogP contribution is -2.15. The van der Waals surface area contributed by atoms with Crippen molar-refractivity contribution in [2.45, 2.75) is 6.92 Å². The van der Waals surface area contributed by atoms with E-state index in [0.29, 0.717) is 13.2 Å². The second-order valence-electron chi connectivity index (χ2n) is 6.40. The summed E-state index contributed by atoms with van der Waals surface area (Å²) in [5.41, 5.74) is 4.64. The Kier molecular flexibility index (Phi) is 4.28. The maximum Gasteiger partial charge on any atom is 0.161 e. The van der Waals surface area contributed by atoms with Crippen molar-refractivity contribution in [3.8, 4) is 33.8 Å². The normalized spacial score (nSPS) is 13.9. The molecule has 0 N–H and O–H groups in total. The molecule has 3 heteroatoms. The van der Waals surface area contributed by atoms with Gasteiger partial charge in [-0.2, -0.15) is 10.0 Å². The highest BCUT2D eigenvalue weighted by Gasteiger charge is 2.13. The molecule has 2 aromatic rings. The summed E-state index contributed by atoms with van der Waals surface area (Å²) in [7, 11) is -0.826. The molecule has 2 aromatic carbocycles. The summed E-state index contributed by atoms with van der Waals surface area (Å²) in [4.78, 5) is 0. The lowest BCUT2D eigenvalue weighted by Gasteiger charge is -2.19. The first-order valence-electron chi connectivity index (χ1n) is 7.65. The lowest BCUT2D eigenvalue weighted by molar-refractivity contribution is 0.171.